The molecule has 2 rings (SSSR count). The number of nitrogens with zero attached hydrogens (tertiary/aromatic N) is 2. The van der Waals surface area contributed by atoms with Gasteiger partial charge in [0.15, 0.2) is 0 Å². The molecule has 12 heavy (non-hydrogen) atoms. The zero-order chi connectivity index (χ0) is 8.55. The van der Waals surface area contributed by atoms with Gasteiger partial charge < -0.3 is 0 Å². The molecule has 0 aliphatic rings. The van der Waals surface area contributed by atoms with Crippen LogP contribution in [0.2, 0.25) is 0 Å². The van der Waals surface area contributed by atoms with E-state index in [1.54, 1.807) is 0 Å². The molecule has 0 unspecified atom stereocenters. The third-order valence-electron chi connectivity index (χ3n) is 1.81. The molecule has 0 radical (unpaired) electrons. The van der Waals surface area contributed by atoms with Gasteiger partial charge in [-0.2, -0.15) is 0 Å². The van der Waals surface area contributed by atoms with Crippen LogP contribution in [-0.2, 0) is 0 Å². The summed E-state index contributed by atoms with van der Waals surface area (Å²) in [4.78, 5) is 8.63. The first-order valence-corrected chi connectivity index (χ1v) is 3.96. The molecule has 0 atom stereocenters. The summed E-state index contributed by atoms with van der Waals surface area (Å²) in [5.74, 6) is 0. The fourth-order valence-corrected chi connectivity index (χ4v) is 1.21. The van der Waals surface area contributed by atoms with Gasteiger partial charge in [-0.1, -0.05) is 0 Å². The van der Waals surface area contributed by atoms with Crippen LogP contribution in [0.4, 0.5) is 0 Å². The number of hydrogen-bond acceptors (Lipinski definition) is 2. The van der Waals surface area contributed by atoms with Crippen LogP contribution in [0.1, 0.15) is 11.3 Å². The Labute approximate surface area is 71.3 Å². The third kappa shape index (κ3) is 1.16. The summed E-state index contributed by atoms with van der Waals surface area (Å²) in [6.07, 6.45) is 1.86. The van der Waals surface area contributed by atoms with E-state index in [-0.39, 0.29) is 0 Å². The number of aryl methyl sites for hydroxylation is 2. The van der Waals surface area contributed by atoms with Crippen LogP contribution in [0.25, 0.3) is 11.0 Å². The summed E-state index contributed by atoms with van der Waals surface area (Å²) in [6.45, 7) is 4.01. The lowest BCUT2D eigenvalue weighted by atomic mass is 10.2. The Morgan fingerprint density at radius 2 is 1.92 bits per heavy atom. The fourth-order valence-electron chi connectivity index (χ4n) is 1.21. The van der Waals surface area contributed by atoms with Crippen LogP contribution in [0, 0.1) is 13.8 Å². The maximum atomic E-state index is 4.37. The highest BCUT2D eigenvalue weighted by Crippen LogP contribution is 2.10. The van der Waals surface area contributed by atoms with E-state index in [2.05, 4.69) is 16.0 Å². The summed E-state index contributed by atoms with van der Waals surface area (Å²) < 4.78 is 0. The molecular formula is C10H10N2. The molecule has 0 saturated heterocycles. The molecular weight excluding hydrogens is 148 g/mol. The normalized spacial score (nSPS) is 10.5. The van der Waals surface area contributed by atoms with E-state index in [1.165, 1.54) is 0 Å². The molecule has 2 heterocycles. The molecule has 0 saturated carbocycles. The zero-order valence-corrected chi connectivity index (χ0v) is 7.20. The summed E-state index contributed by atoms with van der Waals surface area (Å²) in [7, 11) is 0. The van der Waals surface area contributed by atoms with Gasteiger partial charge in [0.1, 0.15) is 0 Å². The predicted molar refractivity (Wildman–Crippen MR) is 49.0 cm³/mol. The van der Waals surface area contributed by atoms with Crippen molar-refractivity contribution in [3.05, 3.63) is 35.7 Å². The lowest BCUT2D eigenvalue weighted by Crippen LogP contribution is -1.86. The van der Waals surface area contributed by atoms with Gasteiger partial charge in [-0.05, 0) is 37.6 Å². The van der Waals surface area contributed by atoms with Gasteiger partial charge in [-0.3, -0.25) is 9.97 Å². The molecule has 0 amide bonds. The Bertz CT molecular complexity index is 384. The van der Waals surface area contributed by atoms with Crippen molar-refractivity contribution in [3.63, 3.8) is 0 Å². The lowest BCUT2D eigenvalue weighted by Gasteiger charge is -1.98. The first kappa shape index (κ1) is 7.22. The second-order valence-corrected chi connectivity index (χ2v) is 3.00. The van der Waals surface area contributed by atoms with Crippen molar-refractivity contribution >= 4 is 11.0 Å². The van der Waals surface area contributed by atoms with Gasteiger partial charge in [-0.15, -0.1) is 0 Å². The van der Waals surface area contributed by atoms with E-state index in [0.29, 0.717) is 0 Å². The highest BCUT2D eigenvalue weighted by molar-refractivity contribution is 5.74. The highest BCUT2D eigenvalue weighted by atomic mass is 14.7. The van der Waals surface area contributed by atoms with Crippen molar-refractivity contribution in [2.75, 3.05) is 0 Å². The Morgan fingerprint density at radius 1 is 1.08 bits per heavy atom. The number of rotatable bonds is 0. The van der Waals surface area contributed by atoms with Crippen LogP contribution in [0.15, 0.2) is 24.4 Å². The SMILES string of the molecule is Cc1cnc2ccc(C)nc2c1. The van der Waals surface area contributed by atoms with Crippen LogP contribution in [-0.4, -0.2) is 9.97 Å². The van der Waals surface area contributed by atoms with Crippen LogP contribution in [0.5, 0.6) is 0 Å². The van der Waals surface area contributed by atoms with Gasteiger partial charge in [0.05, 0.1) is 11.0 Å². The quantitative estimate of drug-likeness (QED) is 0.587. The summed E-state index contributed by atoms with van der Waals surface area (Å²) in [5.41, 5.74) is 4.14. The molecule has 0 aliphatic heterocycles. The van der Waals surface area contributed by atoms with Gasteiger partial charge in [0, 0.05) is 11.9 Å². The molecule has 0 spiro atoms. The average molecular weight is 158 g/mol. The average Bonchev–Trinajstić information content (AvgIpc) is 2.03. The molecule has 0 aliphatic carbocycles. The maximum absolute atomic E-state index is 4.37. The minimum Gasteiger partial charge on any atom is -0.254 e. The van der Waals surface area contributed by atoms with Gasteiger partial charge in [0.25, 0.3) is 0 Å². The molecule has 2 heteroatoms. The summed E-state index contributed by atoms with van der Waals surface area (Å²) in [6, 6.07) is 6.02. The minimum atomic E-state index is 0.964. The van der Waals surface area contributed by atoms with E-state index in [4.69, 9.17) is 0 Å². The molecule has 0 fully saturated rings. The molecule has 60 valence electrons. The fraction of sp³-hybridized carbons (Fsp3) is 0.200. The molecule has 0 bridgehead atoms. The van der Waals surface area contributed by atoms with E-state index in [9.17, 15) is 0 Å². The van der Waals surface area contributed by atoms with Crippen LogP contribution < -0.4 is 0 Å². The van der Waals surface area contributed by atoms with Crippen molar-refractivity contribution in [1.29, 1.82) is 0 Å². The minimum absolute atomic E-state index is 0.964. The summed E-state index contributed by atoms with van der Waals surface area (Å²) >= 11 is 0. The van der Waals surface area contributed by atoms with Crippen LogP contribution in [0.3, 0.4) is 0 Å². The van der Waals surface area contributed by atoms with Crippen molar-refractivity contribution in [2.45, 2.75) is 13.8 Å². The van der Waals surface area contributed by atoms with Crippen molar-refractivity contribution in [1.82, 2.24) is 9.97 Å². The molecule has 2 aromatic heterocycles. The second-order valence-electron chi connectivity index (χ2n) is 3.00. The first-order valence-electron chi connectivity index (χ1n) is 3.96. The molecule has 2 nitrogen and oxygen atoms in total. The lowest BCUT2D eigenvalue weighted by molar-refractivity contribution is 1.22. The Balaban J connectivity index is 2.80. The largest absolute Gasteiger partial charge is 0.254 e. The Kier molecular flexibility index (Phi) is 1.54. The standard InChI is InChI=1S/C10H10N2/c1-7-5-10-9(11-6-7)4-3-8(2)12-10/h3-6H,1-2H3. The number of fused-ring (bicyclic) bond motifs is 1. The van der Waals surface area contributed by atoms with Crippen LogP contribution >= 0.6 is 0 Å². The summed E-state index contributed by atoms with van der Waals surface area (Å²) in [5, 5.41) is 0. The van der Waals surface area contributed by atoms with E-state index in [1.807, 2.05) is 32.2 Å². The predicted octanol–water partition coefficient (Wildman–Crippen LogP) is 2.25. The Hall–Kier alpha value is -1.44. The monoisotopic (exact) mass is 158 g/mol. The smallest absolute Gasteiger partial charge is 0.0892 e. The third-order valence-corrected chi connectivity index (χ3v) is 1.81. The van der Waals surface area contributed by atoms with Gasteiger partial charge >= 0.3 is 0 Å². The Morgan fingerprint density at radius 3 is 2.75 bits per heavy atom. The van der Waals surface area contributed by atoms with E-state index in [0.717, 1.165) is 22.3 Å². The zero-order valence-electron chi connectivity index (χ0n) is 7.20. The second kappa shape index (κ2) is 2.55. The highest BCUT2D eigenvalue weighted by Gasteiger charge is 1.95. The first-order chi connectivity index (χ1) is 5.75. The number of pyridine rings is 2. The number of aromatic nitrogens is 2. The van der Waals surface area contributed by atoms with E-state index < -0.39 is 0 Å². The molecule has 0 N–H and O–H groups in total. The topological polar surface area (TPSA) is 25.8 Å². The van der Waals surface area contributed by atoms with Crippen molar-refractivity contribution < 1.29 is 0 Å². The molecule has 0 aromatic carbocycles. The maximum Gasteiger partial charge on any atom is 0.0892 e. The number of hydrogen-bond donors (Lipinski definition) is 0. The van der Waals surface area contributed by atoms with Gasteiger partial charge in [-0.25, -0.2) is 0 Å². The molecule has 2 aromatic rings. The van der Waals surface area contributed by atoms with Crippen molar-refractivity contribution in [3.8, 4) is 0 Å². The van der Waals surface area contributed by atoms with Gasteiger partial charge in [0.2, 0.25) is 0 Å². The van der Waals surface area contributed by atoms with E-state index >= 15 is 0 Å². The van der Waals surface area contributed by atoms with Crippen molar-refractivity contribution in [2.24, 2.45) is 0 Å².